The predicted molar refractivity (Wildman–Crippen MR) is 75.7 cm³/mol. The Kier molecular flexibility index (Phi) is 4.03. The van der Waals surface area contributed by atoms with Gasteiger partial charge in [-0.05, 0) is 36.2 Å². The molecule has 21 heavy (non-hydrogen) atoms. The van der Waals surface area contributed by atoms with E-state index in [4.69, 9.17) is 4.74 Å². The summed E-state index contributed by atoms with van der Waals surface area (Å²) in [7, 11) is 2.00. The van der Waals surface area contributed by atoms with E-state index < -0.39 is 11.6 Å². The first kappa shape index (κ1) is 14.2. The van der Waals surface area contributed by atoms with Crippen LogP contribution in [0, 0.1) is 11.6 Å². The number of hydrogen-bond acceptors (Lipinski definition) is 2. The highest BCUT2D eigenvalue weighted by atomic mass is 19.2. The van der Waals surface area contributed by atoms with Crippen molar-refractivity contribution in [2.45, 2.75) is 25.1 Å². The average molecular weight is 292 g/mol. The number of hydrogen-bond donors (Lipinski definition) is 1. The Morgan fingerprint density at radius 1 is 1.29 bits per heavy atom. The lowest BCUT2D eigenvalue weighted by Crippen LogP contribution is -2.31. The van der Waals surface area contributed by atoms with Crippen LogP contribution in [0.1, 0.15) is 23.8 Å². The normalized spacial score (nSPS) is 21.9. The number of nitrogens with one attached hydrogen (secondary N) is 1. The lowest BCUT2D eigenvalue weighted by atomic mass is 10.0. The number of halogens is 2. The fraction of sp³-hybridized carbons (Fsp3) is 0.375. The van der Waals surface area contributed by atoms with Gasteiger partial charge in [0.05, 0.1) is 6.10 Å². The first-order valence-corrected chi connectivity index (χ1v) is 7.05. The Hall–Kier alpha value is -1.72. The van der Waals surface area contributed by atoms with Gasteiger partial charge in [-0.15, -0.1) is 0 Å². The van der Waals surface area contributed by atoms with Gasteiger partial charge in [-0.3, -0.25) is 0 Å². The highest BCUT2D eigenvalue weighted by Gasteiger charge is 2.29. The Morgan fingerprint density at radius 3 is 2.86 bits per heavy atom. The molecule has 3 rings (SSSR count). The highest BCUT2D eigenvalue weighted by molar-refractivity contribution is 5.22. The number of aryl methyl sites for hydroxylation is 1. The second-order valence-corrected chi connectivity index (χ2v) is 5.35. The zero-order chi connectivity index (χ0) is 14.8. The number of rotatable bonds is 4. The summed E-state index contributed by atoms with van der Waals surface area (Å²) in [6.45, 7) is 1.34. The fourth-order valence-corrected chi connectivity index (χ4v) is 2.73. The van der Waals surface area contributed by atoms with Gasteiger partial charge in [-0.2, -0.15) is 0 Å². The average Bonchev–Trinajstić information content (AvgIpc) is 3.08. The Balaban J connectivity index is 1.70. The van der Waals surface area contributed by atoms with Crippen LogP contribution < -0.4 is 5.32 Å². The van der Waals surface area contributed by atoms with Crippen LogP contribution in [0.4, 0.5) is 8.78 Å². The summed E-state index contributed by atoms with van der Waals surface area (Å²) in [6.07, 6.45) is 2.61. The van der Waals surface area contributed by atoms with Crippen molar-refractivity contribution in [2.24, 2.45) is 7.05 Å². The quantitative estimate of drug-likeness (QED) is 0.937. The Labute approximate surface area is 122 Å². The molecule has 112 valence electrons. The van der Waals surface area contributed by atoms with Gasteiger partial charge in [0, 0.05) is 38.1 Å². The van der Waals surface area contributed by atoms with Gasteiger partial charge >= 0.3 is 0 Å². The third-order valence-electron chi connectivity index (χ3n) is 3.96. The van der Waals surface area contributed by atoms with E-state index in [-0.39, 0.29) is 12.1 Å². The van der Waals surface area contributed by atoms with Gasteiger partial charge in [-0.1, -0.05) is 6.07 Å². The minimum absolute atomic E-state index is 0.102. The standard InChI is InChI=1S/C16H18F2N2O/c1-20-7-2-3-12(20)10-19-15-6-8-21-16(15)11-4-5-13(17)14(18)9-11/h2-5,7,9,15-16,19H,6,8,10H2,1H3/t15-,16-/m1/s1. The van der Waals surface area contributed by atoms with Crippen LogP contribution in [0.2, 0.25) is 0 Å². The highest BCUT2D eigenvalue weighted by Crippen LogP contribution is 2.30. The maximum absolute atomic E-state index is 13.4. The van der Waals surface area contributed by atoms with Crippen LogP contribution in [-0.4, -0.2) is 17.2 Å². The first-order valence-electron chi connectivity index (χ1n) is 7.05. The van der Waals surface area contributed by atoms with Gasteiger partial charge in [-0.25, -0.2) is 8.78 Å². The molecule has 0 amide bonds. The van der Waals surface area contributed by atoms with Gasteiger partial charge in [0.25, 0.3) is 0 Å². The number of nitrogens with zero attached hydrogens (tertiary/aromatic N) is 1. The molecule has 2 heterocycles. The van der Waals surface area contributed by atoms with Crippen molar-refractivity contribution < 1.29 is 13.5 Å². The summed E-state index contributed by atoms with van der Waals surface area (Å²) in [6, 6.07) is 8.11. The molecule has 1 aromatic carbocycles. The largest absolute Gasteiger partial charge is 0.372 e. The van der Waals surface area contributed by atoms with Crippen molar-refractivity contribution in [2.75, 3.05) is 6.61 Å². The molecule has 1 fully saturated rings. The van der Waals surface area contributed by atoms with E-state index in [9.17, 15) is 8.78 Å². The van der Waals surface area contributed by atoms with E-state index in [1.54, 1.807) is 6.07 Å². The topological polar surface area (TPSA) is 26.2 Å². The molecule has 0 aliphatic carbocycles. The minimum Gasteiger partial charge on any atom is -0.372 e. The van der Waals surface area contributed by atoms with Crippen molar-refractivity contribution in [1.29, 1.82) is 0 Å². The van der Waals surface area contributed by atoms with Gasteiger partial charge < -0.3 is 14.6 Å². The molecule has 1 aromatic heterocycles. The maximum Gasteiger partial charge on any atom is 0.159 e. The Morgan fingerprint density at radius 2 is 2.14 bits per heavy atom. The molecule has 1 aliphatic rings. The molecule has 0 unspecified atom stereocenters. The molecule has 0 radical (unpaired) electrons. The zero-order valence-electron chi connectivity index (χ0n) is 11.9. The molecule has 5 heteroatoms. The summed E-state index contributed by atoms with van der Waals surface area (Å²) in [4.78, 5) is 0. The van der Waals surface area contributed by atoms with Crippen LogP contribution in [0.15, 0.2) is 36.5 Å². The van der Waals surface area contributed by atoms with Crippen LogP contribution >= 0.6 is 0 Å². The maximum atomic E-state index is 13.4. The van der Waals surface area contributed by atoms with Gasteiger partial charge in [0.1, 0.15) is 0 Å². The minimum atomic E-state index is -0.829. The third kappa shape index (κ3) is 2.99. The molecule has 2 atom stereocenters. The lowest BCUT2D eigenvalue weighted by molar-refractivity contribution is 0.0980. The summed E-state index contributed by atoms with van der Waals surface area (Å²) in [5.74, 6) is -1.66. The van der Waals surface area contributed by atoms with E-state index in [1.807, 2.05) is 19.3 Å². The molecule has 0 bridgehead atoms. The van der Waals surface area contributed by atoms with E-state index in [1.165, 1.54) is 11.8 Å². The summed E-state index contributed by atoms with van der Waals surface area (Å²) in [5, 5.41) is 3.45. The molecule has 2 aromatic rings. The van der Waals surface area contributed by atoms with E-state index in [0.29, 0.717) is 12.2 Å². The van der Waals surface area contributed by atoms with E-state index >= 15 is 0 Å². The second kappa shape index (κ2) is 5.95. The molecular formula is C16H18F2N2O. The lowest BCUT2D eigenvalue weighted by Gasteiger charge is -2.20. The van der Waals surface area contributed by atoms with Crippen molar-refractivity contribution >= 4 is 0 Å². The summed E-state index contributed by atoms with van der Waals surface area (Å²) >= 11 is 0. The summed E-state index contributed by atoms with van der Waals surface area (Å²) < 4.78 is 34.1. The zero-order valence-corrected chi connectivity index (χ0v) is 11.9. The van der Waals surface area contributed by atoms with Crippen molar-refractivity contribution in [3.63, 3.8) is 0 Å². The van der Waals surface area contributed by atoms with E-state index in [0.717, 1.165) is 19.0 Å². The van der Waals surface area contributed by atoms with Gasteiger partial charge in [0.15, 0.2) is 11.6 Å². The second-order valence-electron chi connectivity index (χ2n) is 5.35. The molecule has 1 saturated heterocycles. The number of ether oxygens (including phenoxy) is 1. The number of aromatic nitrogens is 1. The molecule has 0 saturated carbocycles. The first-order chi connectivity index (χ1) is 10.1. The monoisotopic (exact) mass is 292 g/mol. The van der Waals surface area contributed by atoms with Crippen LogP contribution in [-0.2, 0) is 18.3 Å². The van der Waals surface area contributed by atoms with Gasteiger partial charge in [0.2, 0.25) is 0 Å². The SMILES string of the molecule is Cn1cccc1CN[C@@H]1CCO[C@@H]1c1ccc(F)c(F)c1. The summed E-state index contributed by atoms with van der Waals surface area (Å²) in [5.41, 5.74) is 1.85. The van der Waals surface area contributed by atoms with Crippen molar-refractivity contribution in [3.05, 3.63) is 59.4 Å². The van der Waals surface area contributed by atoms with Crippen LogP contribution in [0.5, 0.6) is 0 Å². The van der Waals surface area contributed by atoms with Crippen molar-refractivity contribution in [3.8, 4) is 0 Å². The van der Waals surface area contributed by atoms with Crippen LogP contribution in [0.25, 0.3) is 0 Å². The molecular weight excluding hydrogens is 274 g/mol. The Bertz CT molecular complexity index is 626. The number of benzene rings is 1. The van der Waals surface area contributed by atoms with Crippen molar-refractivity contribution in [1.82, 2.24) is 9.88 Å². The fourth-order valence-electron chi connectivity index (χ4n) is 2.73. The molecule has 0 spiro atoms. The molecule has 1 aliphatic heterocycles. The predicted octanol–water partition coefficient (Wildman–Crippen LogP) is 2.92. The van der Waals surface area contributed by atoms with Crippen LogP contribution in [0.3, 0.4) is 0 Å². The molecule has 1 N–H and O–H groups in total. The van der Waals surface area contributed by atoms with E-state index in [2.05, 4.69) is 16.0 Å². The third-order valence-corrected chi connectivity index (χ3v) is 3.96. The smallest absolute Gasteiger partial charge is 0.159 e. The molecule has 3 nitrogen and oxygen atoms in total.